The summed E-state index contributed by atoms with van der Waals surface area (Å²) in [4.78, 5) is 11.7. The molecule has 0 spiro atoms. The number of nitrogens with zero attached hydrogens (tertiary/aromatic N) is 1. The van der Waals surface area contributed by atoms with Crippen LogP contribution in [-0.2, 0) is 4.79 Å². The maximum Gasteiger partial charge on any atom is 0.251 e. The maximum atomic E-state index is 11.8. The summed E-state index contributed by atoms with van der Waals surface area (Å²) in [5.41, 5.74) is -0.795. The molecule has 0 aliphatic carbocycles. The van der Waals surface area contributed by atoms with Gasteiger partial charge in [-0.15, -0.1) is 0 Å². The van der Waals surface area contributed by atoms with E-state index < -0.39 is 12.0 Å². The number of rotatable bonds is 4. The number of alkyl halides is 2. The lowest BCUT2D eigenvalue weighted by Gasteiger charge is -2.29. The first-order chi connectivity index (χ1) is 4.90. The van der Waals surface area contributed by atoms with E-state index in [9.17, 15) is 13.6 Å². The largest absolute Gasteiger partial charge is 0.301 e. The van der Waals surface area contributed by atoms with Crippen LogP contribution < -0.4 is 0 Å². The van der Waals surface area contributed by atoms with Crippen molar-refractivity contribution in [1.29, 1.82) is 0 Å². The molecule has 0 aromatic heterocycles. The van der Waals surface area contributed by atoms with Gasteiger partial charge in [-0.1, -0.05) is 0 Å². The first-order valence-corrected chi connectivity index (χ1v) is 3.36. The molecule has 0 aromatic rings. The SMILES string of the molecule is CN(CC(F)F)C(C)(C)C=O. The summed E-state index contributed by atoms with van der Waals surface area (Å²) in [6.07, 6.45) is -1.73. The van der Waals surface area contributed by atoms with E-state index in [2.05, 4.69) is 0 Å². The smallest absolute Gasteiger partial charge is 0.251 e. The zero-order chi connectivity index (χ0) is 9.07. The summed E-state index contributed by atoms with van der Waals surface area (Å²) in [5.74, 6) is 0. The molecule has 0 amide bonds. The highest BCUT2D eigenvalue weighted by molar-refractivity contribution is 5.62. The molecule has 0 aromatic carbocycles. The minimum Gasteiger partial charge on any atom is -0.301 e. The summed E-state index contributed by atoms with van der Waals surface area (Å²) < 4.78 is 23.6. The van der Waals surface area contributed by atoms with Crippen LogP contribution in [0.25, 0.3) is 0 Å². The Morgan fingerprint density at radius 3 is 2.27 bits per heavy atom. The highest BCUT2D eigenvalue weighted by Gasteiger charge is 2.24. The molecule has 0 atom stereocenters. The van der Waals surface area contributed by atoms with E-state index in [4.69, 9.17) is 0 Å². The van der Waals surface area contributed by atoms with Gasteiger partial charge < -0.3 is 4.79 Å². The zero-order valence-electron chi connectivity index (χ0n) is 6.97. The summed E-state index contributed by atoms with van der Waals surface area (Å²) >= 11 is 0. The molecule has 0 radical (unpaired) electrons. The minimum atomic E-state index is -2.39. The Balaban J connectivity index is 4.01. The van der Waals surface area contributed by atoms with Crippen LogP contribution in [0.5, 0.6) is 0 Å². The fourth-order valence-corrected chi connectivity index (χ4v) is 0.532. The van der Waals surface area contributed by atoms with Gasteiger partial charge in [0.2, 0.25) is 0 Å². The topological polar surface area (TPSA) is 20.3 Å². The van der Waals surface area contributed by atoms with Gasteiger partial charge in [0.25, 0.3) is 6.43 Å². The van der Waals surface area contributed by atoms with Crippen molar-refractivity contribution in [3.05, 3.63) is 0 Å². The van der Waals surface area contributed by atoms with Crippen molar-refractivity contribution in [2.75, 3.05) is 13.6 Å². The summed E-state index contributed by atoms with van der Waals surface area (Å²) in [5, 5.41) is 0. The second-order valence-corrected chi connectivity index (χ2v) is 3.04. The van der Waals surface area contributed by atoms with Gasteiger partial charge >= 0.3 is 0 Å². The number of halogens is 2. The Morgan fingerprint density at radius 1 is 1.55 bits per heavy atom. The first-order valence-electron chi connectivity index (χ1n) is 3.36. The molecule has 0 fully saturated rings. The molecule has 11 heavy (non-hydrogen) atoms. The molecule has 0 rings (SSSR count). The predicted octanol–water partition coefficient (Wildman–Crippen LogP) is 1.16. The average molecular weight is 165 g/mol. The summed E-state index contributed by atoms with van der Waals surface area (Å²) in [6, 6.07) is 0. The lowest BCUT2D eigenvalue weighted by molar-refractivity contribution is -0.117. The van der Waals surface area contributed by atoms with Crippen LogP contribution in [0, 0.1) is 0 Å². The molecule has 0 N–H and O–H groups in total. The van der Waals surface area contributed by atoms with Gasteiger partial charge in [0, 0.05) is 0 Å². The van der Waals surface area contributed by atoms with Gasteiger partial charge in [-0.25, -0.2) is 8.78 Å². The normalized spacial score (nSPS) is 12.6. The van der Waals surface area contributed by atoms with Crippen LogP contribution in [0.4, 0.5) is 8.78 Å². The number of hydrogen-bond acceptors (Lipinski definition) is 2. The monoisotopic (exact) mass is 165 g/mol. The molecule has 2 nitrogen and oxygen atoms in total. The van der Waals surface area contributed by atoms with Gasteiger partial charge in [-0.3, -0.25) is 4.90 Å². The van der Waals surface area contributed by atoms with Crippen LogP contribution in [0.1, 0.15) is 13.8 Å². The van der Waals surface area contributed by atoms with Crippen molar-refractivity contribution in [3.8, 4) is 0 Å². The van der Waals surface area contributed by atoms with Crippen LogP contribution in [-0.4, -0.2) is 36.7 Å². The molecule has 0 bridgehead atoms. The Bertz CT molecular complexity index is 136. The summed E-state index contributed by atoms with van der Waals surface area (Å²) in [7, 11) is 1.50. The van der Waals surface area contributed by atoms with E-state index in [0.717, 1.165) is 0 Å². The second-order valence-electron chi connectivity index (χ2n) is 3.04. The van der Waals surface area contributed by atoms with Crippen molar-refractivity contribution in [1.82, 2.24) is 4.90 Å². The van der Waals surface area contributed by atoms with E-state index >= 15 is 0 Å². The standard InChI is InChI=1S/C7H13F2NO/c1-7(2,5-11)10(3)4-6(8)9/h5-6H,4H2,1-3H3. The molecule has 0 saturated heterocycles. The number of carbonyl (C=O) groups excluding carboxylic acids is 1. The number of carbonyl (C=O) groups is 1. The molecule has 4 heteroatoms. The quantitative estimate of drug-likeness (QED) is 0.582. The van der Waals surface area contributed by atoms with Crippen LogP contribution >= 0.6 is 0 Å². The van der Waals surface area contributed by atoms with E-state index in [1.54, 1.807) is 13.8 Å². The van der Waals surface area contributed by atoms with Gasteiger partial charge in [-0.2, -0.15) is 0 Å². The molecule has 0 heterocycles. The lowest BCUT2D eigenvalue weighted by atomic mass is 10.1. The van der Waals surface area contributed by atoms with Crippen molar-refractivity contribution in [2.24, 2.45) is 0 Å². The van der Waals surface area contributed by atoms with Crippen LogP contribution in [0.15, 0.2) is 0 Å². The highest BCUT2D eigenvalue weighted by Crippen LogP contribution is 2.10. The molecule has 0 unspecified atom stereocenters. The Hall–Kier alpha value is -0.510. The third-order valence-corrected chi connectivity index (χ3v) is 1.68. The van der Waals surface area contributed by atoms with Crippen molar-refractivity contribution in [2.45, 2.75) is 25.8 Å². The Labute approximate surface area is 65.2 Å². The molecule has 0 aliphatic heterocycles. The van der Waals surface area contributed by atoms with Gasteiger partial charge in [-0.05, 0) is 20.9 Å². The highest BCUT2D eigenvalue weighted by atomic mass is 19.3. The van der Waals surface area contributed by atoms with E-state index in [0.29, 0.717) is 6.29 Å². The summed E-state index contributed by atoms with van der Waals surface area (Å²) in [6.45, 7) is 2.83. The minimum absolute atomic E-state index is 0.369. The molecular weight excluding hydrogens is 152 g/mol. The van der Waals surface area contributed by atoms with Crippen molar-refractivity contribution in [3.63, 3.8) is 0 Å². The molecule has 66 valence electrons. The van der Waals surface area contributed by atoms with Crippen molar-refractivity contribution < 1.29 is 13.6 Å². The Morgan fingerprint density at radius 2 is 2.00 bits per heavy atom. The third kappa shape index (κ3) is 3.41. The predicted molar refractivity (Wildman–Crippen MR) is 38.8 cm³/mol. The fourth-order valence-electron chi connectivity index (χ4n) is 0.532. The molecule has 0 aliphatic rings. The number of aldehydes is 1. The van der Waals surface area contributed by atoms with Gasteiger partial charge in [0.1, 0.15) is 6.29 Å². The average Bonchev–Trinajstić information content (AvgIpc) is 1.86. The molecular formula is C7H13F2NO. The van der Waals surface area contributed by atoms with Gasteiger partial charge in [0.15, 0.2) is 0 Å². The van der Waals surface area contributed by atoms with Crippen molar-refractivity contribution >= 4 is 6.29 Å². The second kappa shape index (κ2) is 3.76. The Kier molecular flexibility index (Phi) is 3.58. The molecule has 0 saturated carbocycles. The maximum absolute atomic E-state index is 11.8. The zero-order valence-corrected chi connectivity index (χ0v) is 6.97. The van der Waals surface area contributed by atoms with Crippen LogP contribution in [0.3, 0.4) is 0 Å². The number of hydrogen-bond donors (Lipinski definition) is 0. The van der Waals surface area contributed by atoms with E-state index in [1.165, 1.54) is 11.9 Å². The fraction of sp³-hybridized carbons (Fsp3) is 0.857. The third-order valence-electron chi connectivity index (χ3n) is 1.68. The lowest BCUT2D eigenvalue weighted by Crippen LogP contribution is -2.44. The van der Waals surface area contributed by atoms with E-state index in [-0.39, 0.29) is 6.54 Å². The first kappa shape index (κ1) is 10.5. The van der Waals surface area contributed by atoms with Crippen LogP contribution in [0.2, 0.25) is 0 Å². The van der Waals surface area contributed by atoms with E-state index in [1.807, 2.05) is 0 Å². The van der Waals surface area contributed by atoms with Gasteiger partial charge in [0.05, 0.1) is 12.1 Å². The number of likely N-dealkylation sites (N-methyl/N-ethyl adjacent to an activating group) is 1.